The molecule has 2 aliphatic heterocycles. The molecule has 2 bridgehead atoms. The van der Waals surface area contributed by atoms with Crippen molar-refractivity contribution in [2.45, 2.75) is 63.3 Å². The van der Waals surface area contributed by atoms with Crippen LogP contribution in [0.1, 0.15) is 60.0 Å². The van der Waals surface area contributed by atoms with Gasteiger partial charge in [-0.25, -0.2) is 9.37 Å². The lowest BCUT2D eigenvalue weighted by Gasteiger charge is -2.41. The summed E-state index contributed by atoms with van der Waals surface area (Å²) in [6.07, 6.45) is 4.34. The number of carbonyl (C=O) groups is 2. The van der Waals surface area contributed by atoms with Crippen LogP contribution in [0, 0.1) is 18.8 Å². The summed E-state index contributed by atoms with van der Waals surface area (Å²) in [7, 11) is 0. The van der Waals surface area contributed by atoms with E-state index in [0.29, 0.717) is 39.8 Å². The summed E-state index contributed by atoms with van der Waals surface area (Å²) in [5.41, 5.74) is 3.72. The number of aryl methyl sites for hydroxylation is 1. The molecule has 2 amide bonds. The zero-order valence-electron chi connectivity index (χ0n) is 24.6. The number of hydrogen-bond donors (Lipinski definition) is 1. The van der Waals surface area contributed by atoms with Gasteiger partial charge in [0, 0.05) is 29.5 Å². The summed E-state index contributed by atoms with van der Waals surface area (Å²) in [6, 6.07) is 19.0. The number of fused-ring (bicyclic) bond motifs is 3. The molecule has 2 saturated heterocycles. The molecule has 5 heterocycles. The highest BCUT2D eigenvalue weighted by Gasteiger charge is 2.47. The van der Waals surface area contributed by atoms with Crippen LogP contribution >= 0.6 is 0 Å². The van der Waals surface area contributed by atoms with Crippen molar-refractivity contribution in [2.75, 3.05) is 5.32 Å². The van der Waals surface area contributed by atoms with Gasteiger partial charge in [0.2, 0.25) is 11.8 Å². The molecule has 3 aliphatic rings. The number of nitrogens with one attached hydrogen (secondary N) is 1. The summed E-state index contributed by atoms with van der Waals surface area (Å²) in [5.74, 6) is 0.219. The number of carbonyl (C=O) groups excluding carboxylic acids is 2. The van der Waals surface area contributed by atoms with Crippen molar-refractivity contribution in [3.8, 4) is 11.5 Å². The third kappa shape index (κ3) is 5.13. The molecule has 1 saturated carbocycles. The number of amides is 2. The van der Waals surface area contributed by atoms with Gasteiger partial charge in [-0.05, 0) is 86.1 Å². The van der Waals surface area contributed by atoms with E-state index in [9.17, 15) is 14.0 Å². The number of alkyl halides is 1. The first-order chi connectivity index (χ1) is 21.9. The van der Waals surface area contributed by atoms with Crippen LogP contribution in [0.2, 0.25) is 0 Å². The zero-order valence-corrected chi connectivity index (χ0v) is 24.6. The molecule has 228 valence electrons. The summed E-state index contributed by atoms with van der Waals surface area (Å²) in [6.45, 7) is 1.84. The maximum Gasteiger partial charge on any atom is 0.272 e. The molecule has 5 aromatic rings. The van der Waals surface area contributed by atoms with Gasteiger partial charge >= 0.3 is 0 Å². The van der Waals surface area contributed by atoms with Crippen molar-refractivity contribution < 1.29 is 18.4 Å². The number of halogens is 1. The fourth-order valence-corrected chi connectivity index (χ4v) is 7.08. The maximum atomic E-state index is 14.0. The summed E-state index contributed by atoms with van der Waals surface area (Å²) in [4.78, 5) is 38.9. The molecule has 3 aromatic heterocycles. The highest BCUT2D eigenvalue weighted by Crippen LogP contribution is 2.45. The fraction of sp³-hybridized carbons (Fsp3) is 0.364. The van der Waals surface area contributed by atoms with E-state index in [1.54, 1.807) is 41.3 Å². The van der Waals surface area contributed by atoms with Gasteiger partial charge < -0.3 is 14.6 Å². The number of tetrazole rings is 1. The average molecular weight is 607 g/mol. The lowest BCUT2D eigenvalue weighted by molar-refractivity contribution is -0.117. The Morgan fingerprint density at radius 1 is 1.02 bits per heavy atom. The van der Waals surface area contributed by atoms with Gasteiger partial charge in [0.25, 0.3) is 5.91 Å². The number of pyridine rings is 1. The largest absolute Gasteiger partial charge is 0.436 e. The van der Waals surface area contributed by atoms with Crippen LogP contribution < -0.4 is 5.32 Å². The Balaban J connectivity index is 1.01. The quantitative estimate of drug-likeness (QED) is 0.269. The van der Waals surface area contributed by atoms with E-state index in [1.807, 2.05) is 30.0 Å². The number of oxazole rings is 1. The van der Waals surface area contributed by atoms with Gasteiger partial charge in [0.05, 0.1) is 5.92 Å². The van der Waals surface area contributed by atoms with Crippen molar-refractivity contribution in [2.24, 2.45) is 11.8 Å². The van der Waals surface area contributed by atoms with E-state index >= 15 is 0 Å². The molecule has 1 N–H and O–H groups in total. The van der Waals surface area contributed by atoms with Crippen LogP contribution in [0.15, 0.2) is 71.3 Å². The third-order valence-electron chi connectivity index (χ3n) is 9.30. The topological polar surface area (TPSA) is 132 Å². The second-order valence-corrected chi connectivity index (χ2v) is 12.3. The predicted octanol–water partition coefficient (Wildman–Crippen LogP) is 5.15. The van der Waals surface area contributed by atoms with Gasteiger partial charge in [-0.15, -0.1) is 10.2 Å². The molecule has 11 nitrogen and oxygen atoms in total. The number of nitrogens with zero attached hydrogens (tertiary/aromatic N) is 7. The number of benzene rings is 2. The molecule has 5 atom stereocenters. The van der Waals surface area contributed by atoms with E-state index in [-0.39, 0.29) is 42.3 Å². The van der Waals surface area contributed by atoms with Crippen LogP contribution in [0.25, 0.3) is 22.6 Å². The molecule has 1 aliphatic carbocycles. The van der Waals surface area contributed by atoms with Crippen molar-refractivity contribution in [3.63, 3.8) is 0 Å². The lowest BCUT2D eigenvalue weighted by Crippen LogP contribution is -2.48. The van der Waals surface area contributed by atoms with Crippen molar-refractivity contribution >= 4 is 28.6 Å². The van der Waals surface area contributed by atoms with Crippen LogP contribution in [0.5, 0.6) is 0 Å². The number of hydrogen-bond acceptors (Lipinski definition) is 8. The maximum absolute atomic E-state index is 14.0. The van der Waals surface area contributed by atoms with E-state index in [1.165, 1.54) is 0 Å². The molecule has 0 spiro atoms. The van der Waals surface area contributed by atoms with Gasteiger partial charge in [-0.1, -0.05) is 30.3 Å². The molecule has 0 radical (unpaired) electrons. The normalized spacial score (nSPS) is 24.5. The summed E-state index contributed by atoms with van der Waals surface area (Å²) >= 11 is 0. The van der Waals surface area contributed by atoms with Crippen LogP contribution in [-0.4, -0.2) is 65.1 Å². The van der Waals surface area contributed by atoms with Crippen LogP contribution in [0.4, 0.5) is 10.1 Å². The van der Waals surface area contributed by atoms with Crippen molar-refractivity contribution in [1.82, 2.24) is 35.1 Å². The van der Waals surface area contributed by atoms with Crippen LogP contribution in [0.3, 0.4) is 0 Å². The monoisotopic (exact) mass is 606 g/mol. The second kappa shape index (κ2) is 10.9. The number of aromatic nitrogens is 6. The molecule has 3 unspecified atom stereocenters. The van der Waals surface area contributed by atoms with Crippen molar-refractivity contribution in [1.29, 1.82) is 0 Å². The molecule has 8 rings (SSSR count). The number of rotatable bonds is 7. The van der Waals surface area contributed by atoms with Gasteiger partial charge in [-0.2, -0.15) is 4.80 Å². The Bertz CT molecular complexity index is 1890. The van der Waals surface area contributed by atoms with Gasteiger partial charge in [0.15, 0.2) is 11.4 Å². The average Bonchev–Trinajstić information content (AvgIpc) is 3.31. The smallest absolute Gasteiger partial charge is 0.272 e. The van der Waals surface area contributed by atoms with Gasteiger partial charge in [0.1, 0.15) is 23.4 Å². The molecular weight excluding hydrogens is 575 g/mol. The molecule has 2 aromatic carbocycles. The number of anilines is 1. The van der Waals surface area contributed by atoms with Crippen LogP contribution in [-0.2, 0) is 4.79 Å². The molecule has 3 fully saturated rings. The molecule has 12 heteroatoms. The Morgan fingerprint density at radius 2 is 1.80 bits per heavy atom. The Labute approximate surface area is 257 Å². The first-order valence-electron chi connectivity index (χ1n) is 15.4. The summed E-state index contributed by atoms with van der Waals surface area (Å²) < 4.78 is 19.3. The van der Waals surface area contributed by atoms with E-state index in [4.69, 9.17) is 4.42 Å². The Morgan fingerprint density at radius 3 is 2.51 bits per heavy atom. The highest BCUT2D eigenvalue weighted by molar-refractivity contribution is 5.96. The number of piperidine rings is 1. The third-order valence-corrected chi connectivity index (χ3v) is 9.30. The highest BCUT2D eigenvalue weighted by atomic mass is 19.1. The SMILES string of the molecule is Cc1nnn(C(c2ccccc2)C2CC3CCC(C2)N3C(=O)c2cc(-c3nc4cc(NC(=O)[C@@H]5C[C@@H]5F)ccc4o3)ccn2)n1. The lowest BCUT2D eigenvalue weighted by atomic mass is 9.82. The Hall–Kier alpha value is -5.00. The minimum Gasteiger partial charge on any atom is -0.436 e. The first-order valence-corrected chi connectivity index (χ1v) is 15.4. The van der Waals surface area contributed by atoms with E-state index < -0.39 is 12.1 Å². The Kier molecular flexibility index (Phi) is 6.65. The minimum atomic E-state index is -1.06. The predicted molar refractivity (Wildman–Crippen MR) is 162 cm³/mol. The summed E-state index contributed by atoms with van der Waals surface area (Å²) in [5, 5.41) is 15.8. The zero-order chi connectivity index (χ0) is 30.7. The van der Waals surface area contributed by atoms with Gasteiger partial charge in [-0.3, -0.25) is 14.6 Å². The standard InChI is InChI=1S/C33H31FN8O3/c1-18-38-40-42(39-18)30(19-5-3-2-4-6-19)21-13-23-8-9-24(14-21)41(23)33(44)28-15-20(11-12-35-28)32-37-27-16-22(7-10-29(27)45-32)36-31(43)25-17-26(25)34/h2-7,10-12,15-16,21,23-26,30H,8-9,13-14,17H2,1H3,(H,36,43)/t21?,23?,24?,25-,26+,30?/m1/s1. The second-order valence-electron chi connectivity index (χ2n) is 12.3. The molecular formula is C33H31FN8O3. The minimum absolute atomic E-state index is 0.0588. The fourth-order valence-electron chi connectivity index (χ4n) is 7.08. The van der Waals surface area contributed by atoms with E-state index in [2.05, 4.69) is 42.8 Å². The first kappa shape index (κ1) is 27.5. The van der Waals surface area contributed by atoms with Crippen molar-refractivity contribution in [3.05, 3.63) is 83.9 Å². The van der Waals surface area contributed by atoms with E-state index in [0.717, 1.165) is 31.2 Å². The molecule has 45 heavy (non-hydrogen) atoms.